The van der Waals surface area contributed by atoms with E-state index in [0.29, 0.717) is 15.6 Å². The third-order valence-corrected chi connectivity index (χ3v) is 8.51. The van der Waals surface area contributed by atoms with Gasteiger partial charge in [0.2, 0.25) is 21.8 Å². The molecule has 1 atom stereocenters. The van der Waals surface area contributed by atoms with Gasteiger partial charge >= 0.3 is 0 Å². The van der Waals surface area contributed by atoms with Gasteiger partial charge in [0.1, 0.15) is 18.3 Å². The number of carbonyl (C=O) groups is 2. The third-order valence-electron chi connectivity index (χ3n) is 6.56. The van der Waals surface area contributed by atoms with E-state index in [9.17, 15) is 18.0 Å². The SMILES string of the molecule is COc1ccc(Cl)cc1N(CC(=O)N(Cc1ccc(Cl)cc1Cl)C(C)C(=O)NC1CCCCC1)S(C)(=O)=O. The van der Waals surface area contributed by atoms with Crippen molar-refractivity contribution < 1.29 is 22.7 Å². The van der Waals surface area contributed by atoms with Crippen molar-refractivity contribution in [1.82, 2.24) is 10.2 Å². The van der Waals surface area contributed by atoms with Crippen LogP contribution in [0.1, 0.15) is 44.6 Å². The van der Waals surface area contributed by atoms with E-state index in [1.807, 2.05) is 0 Å². The lowest BCUT2D eigenvalue weighted by Crippen LogP contribution is -2.53. The van der Waals surface area contributed by atoms with Crippen molar-refractivity contribution in [3.8, 4) is 5.75 Å². The number of methoxy groups -OCH3 is 1. The maximum atomic E-state index is 13.8. The third kappa shape index (κ3) is 7.91. The Bertz CT molecular complexity index is 1270. The van der Waals surface area contributed by atoms with Crippen LogP contribution in [0.15, 0.2) is 36.4 Å². The van der Waals surface area contributed by atoms with Gasteiger partial charge in [0.05, 0.1) is 19.1 Å². The molecule has 2 aromatic carbocycles. The van der Waals surface area contributed by atoms with E-state index < -0.39 is 28.5 Å². The predicted molar refractivity (Wildman–Crippen MR) is 152 cm³/mol. The van der Waals surface area contributed by atoms with Crippen molar-refractivity contribution >= 4 is 62.3 Å². The van der Waals surface area contributed by atoms with Crippen LogP contribution < -0.4 is 14.4 Å². The Balaban J connectivity index is 1.95. The van der Waals surface area contributed by atoms with Crippen LogP contribution in [0, 0.1) is 0 Å². The molecule has 8 nitrogen and oxygen atoms in total. The van der Waals surface area contributed by atoms with E-state index in [1.165, 1.54) is 24.1 Å². The summed E-state index contributed by atoms with van der Waals surface area (Å²) in [5.41, 5.74) is 0.674. The zero-order valence-corrected chi connectivity index (χ0v) is 24.6. The number of amides is 2. The van der Waals surface area contributed by atoms with E-state index in [4.69, 9.17) is 39.5 Å². The number of rotatable bonds is 10. The van der Waals surface area contributed by atoms with Crippen LogP contribution >= 0.6 is 34.8 Å². The van der Waals surface area contributed by atoms with Gasteiger partial charge in [-0.3, -0.25) is 13.9 Å². The Morgan fingerprint density at radius 1 is 1.05 bits per heavy atom. The van der Waals surface area contributed by atoms with Gasteiger partial charge in [0.15, 0.2) is 0 Å². The molecule has 38 heavy (non-hydrogen) atoms. The number of hydrogen-bond donors (Lipinski definition) is 1. The molecule has 1 aliphatic carbocycles. The highest BCUT2D eigenvalue weighted by Crippen LogP contribution is 2.33. The molecule has 2 amide bonds. The van der Waals surface area contributed by atoms with Crippen molar-refractivity contribution in [2.24, 2.45) is 0 Å². The monoisotopic (exact) mass is 603 g/mol. The molecule has 0 saturated heterocycles. The zero-order valence-electron chi connectivity index (χ0n) is 21.5. The van der Waals surface area contributed by atoms with Gasteiger partial charge in [-0.15, -0.1) is 0 Å². The van der Waals surface area contributed by atoms with Crippen LogP contribution in [0.3, 0.4) is 0 Å². The molecule has 12 heteroatoms. The first-order valence-electron chi connectivity index (χ1n) is 12.3. The van der Waals surface area contributed by atoms with Crippen LogP contribution in [0.4, 0.5) is 5.69 Å². The fourth-order valence-electron chi connectivity index (χ4n) is 4.44. The molecule has 208 valence electrons. The quantitative estimate of drug-likeness (QED) is 0.398. The molecular formula is C26H32Cl3N3O5S. The summed E-state index contributed by atoms with van der Waals surface area (Å²) in [6.07, 6.45) is 5.95. The molecule has 3 rings (SSSR count). The molecule has 1 fully saturated rings. The van der Waals surface area contributed by atoms with E-state index in [1.54, 1.807) is 31.2 Å². The predicted octanol–water partition coefficient (Wildman–Crippen LogP) is 5.29. The van der Waals surface area contributed by atoms with E-state index in [2.05, 4.69) is 5.32 Å². The number of hydrogen-bond acceptors (Lipinski definition) is 5. The number of anilines is 1. The van der Waals surface area contributed by atoms with Crippen LogP contribution in [0.2, 0.25) is 15.1 Å². The van der Waals surface area contributed by atoms with Gasteiger partial charge in [-0.05, 0) is 55.7 Å². The molecule has 1 unspecified atom stereocenters. The molecule has 2 aromatic rings. The summed E-state index contributed by atoms with van der Waals surface area (Å²) in [7, 11) is -2.56. The summed E-state index contributed by atoms with van der Waals surface area (Å²) in [6, 6.07) is 8.48. The summed E-state index contributed by atoms with van der Waals surface area (Å²) in [6.45, 7) is 1.00. The summed E-state index contributed by atoms with van der Waals surface area (Å²) in [4.78, 5) is 28.4. The average molecular weight is 605 g/mol. The molecule has 0 radical (unpaired) electrons. The van der Waals surface area contributed by atoms with E-state index in [0.717, 1.165) is 42.7 Å². The van der Waals surface area contributed by atoms with Gasteiger partial charge < -0.3 is 15.0 Å². The number of nitrogens with one attached hydrogen (secondary N) is 1. The largest absolute Gasteiger partial charge is 0.495 e. The first-order chi connectivity index (χ1) is 17.9. The smallest absolute Gasteiger partial charge is 0.244 e. The molecule has 0 heterocycles. The van der Waals surface area contributed by atoms with Crippen molar-refractivity contribution in [3.63, 3.8) is 0 Å². The maximum Gasteiger partial charge on any atom is 0.244 e. The Kier molecular flexibility index (Phi) is 10.6. The first-order valence-corrected chi connectivity index (χ1v) is 15.2. The lowest BCUT2D eigenvalue weighted by Gasteiger charge is -2.33. The molecule has 0 aromatic heterocycles. The van der Waals surface area contributed by atoms with Crippen LogP contribution in [0.25, 0.3) is 0 Å². The summed E-state index contributed by atoms with van der Waals surface area (Å²) in [5.74, 6) is -0.695. The van der Waals surface area contributed by atoms with E-state index in [-0.39, 0.29) is 35.0 Å². The second-order valence-corrected chi connectivity index (χ2v) is 12.5. The Morgan fingerprint density at radius 3 is 2.29 bits per heavy atom. The average Bonchev–Trinajstić information content (AvgIpc) is 2.86. The zero-order chi connectivity index (χ0) is 28.0. The Labute approximate surface area is 239 Å². The number of nitrogens with zero attached hydrogens (tertiary/aromatic N) is 2. The van der Waals surface area contributed by atoms with Crippen molar-refractivity contribution in [1.29, 1.82) is 0 Å². The second-order valence-electron chi connectivity index (χ2n) is 9.36. The first kappa shape index (κ1) is 30.3. The minimum atomic E-state index is -3.95. The number of ether oxygens (including phenoxy) is 1. The van der Waals surface area contributed by atoms with Gasteiger partial charge in [-0.25, -0.2) is 8.42 Å². The number of carbonyl (C=O) groups excluding carboxylic acids is 2. The maximum absolute atomic E-state index is 13.8. The number of halogens is 3. The molecule has 0 aliphatic heterocycles. The van der Waals surface area contributed by atoms with Crippen molar-refractivity contribution in [2.75, 3.05) is 24.2 Å². The Hall–Kier alpha value is -2.20. The van der Waals surface area contributed by atoms with Gasteiger partial charge in [0.25, 0.3) is 0 Å². The summed E-state index contributed by atoms with van der Waals surface area (Å²) >= 11 is 18.6. The highest BCUT2D eigenvalue weighted by atomic mass is 35.5. The fourth-order valence-corrected chi connectivity index (χ4v) is 5.92. The highest BCUT2D eigenvalue weighted by molar-refractivity contribution is 7.92. The van der Waals surface area contributed by atoms with Crippen LogP contribution in [-0.4, -0.2) is 57.1 Å². The summed E-state index contributed by atoms with van der Waals surface area (Å²) < 4.78 is 31.9. The number of sulfonamides is 1. The van der Waals surface area contributed by atoms with Gasteiger partial charge in [-0.2, -0.15) is 0 Å². The molecule has 0 spiro atoms. The summed E-state index contributed by atoms with van der Waals surface area (Å²) in [5, 5.41) is 4.07. The van der Waals surface area contributed by atoms with Crippen LogP contribution in [-0.2, 0) is 26.2 Å². The normalized spacial score (nSPS) is 15.0. The number of benzene rings is 2. The van der Waals surface area contributed by atoms with Gasteiger partial charge in [0, 0.05) is 27.7 Å². The molecule has 1 saturated carbocycles. The van der Waals surface area contributed by atoms with Gasteiger partial charge in [-0.1, -0.05) is 60.1 Å². The Morgan fingerprint density at radius 2 is 1.68 bits per heavy atom. The second kappa shape index (κ2) is 13.2. The molecule has 0 bridgehead atoms. The van der Waals surface area contributed by atoms with Crippen LogP contribution in [0.5, 0.6) is 5.75 Å². The lowest BCUT2D eigenvalue weighted by molar-refractivity contribution is -0.139. The highest BCUT2D eigenvalue weighted by Gasteiger charge is 2.32. The fraction of sp³-hybridized carbons (Fsp3) is 0.462. The lowest BCUT2D eigenvalue weighted by atomic mass is 9.95. The van der Waals surface area contributed by atoms with Crippen molar-refractivity contribution in [2.45, 2.75) is 57.7 Å². The van der Waals surface area contributed by atoms with E-state index >= 15 is 0 Å². The minimum Gasteiger partial charge on any atom is -0.495 e. The minimum absolute atomic E-state index is 0.0294. The molecule has 1 aliphatic rings. The standard InChI is InChI=1S/C26H32Cl3N3O5S/c1-17(26(34)30-21-7-5-4-6-8-21)31(15-18-9-10-19(27)13-22(18)29)25(33)16-32(38(3,35)36)23-14-20(28)11-12-24(23)37-2/h9-14,17,21H,4-8,15-16H2,1-3H3,(H,30,34). The molecular weight excluding hydrogens is 573 g/mol. The van der Waals surface area contributed by atoms with Crippen molar-refractivity contribution in [3.05, 3.63) is 57.0 Å². The molecule has 1 N–H and O–H groups in total. The topological polar surface area (TPSA) is 96.0 Å².